The van der Waals surface area contributed by atoms with Crippen LogP contribution in [0.4, 0.5) is 0 Å². The van der Waals surface area contributed by atoms with E-state index in [9.17, 15) is 0 Å². The molecule has 11 aromatic rings. The van der Waals surface area contributed by atoms with Gasteiger partial charge in [0.15, 0.2) is 0 Å². The number of benzene rings is 7. The Morgan fingerprint density at radius 3 is 1.30 bits per heavy atom. The summed E-state index contributed by atoms with van der Waals surface area (Å²) in [6.45, 7) is 0. The van der Waals surface area contributed by atoms with E-state index in [1.807, 2.05) is 22.7 Å². The van der Waals surface area contributed by atoms with Gasteiger partial charge in [0.05, 0.1) is 22.1 Å². The molecular weight excluding hydrogens is 677 g/mol. The highest BCUT2D eigenvalue weighted by Gasteiger charge is 2.20. The minimum Gasteiger partial charge on any atom is -0.309 e. The van der Waals surface area contributed by atoms with Crippen LogP contribution in [0, 0.1) is 0 Å². The van der Waals surface area contributed by atoms with Gasteiger partial charge in [0.25, 0.3) is 0 Å². The zero-order chi connectivity index (χ0) is 30.8. The molecule has 0 fully saturated rings. The third kappa shape index (κ3) is 3.54. The minimum absolute atomic E-state index is 1.05. The standard InChI is InChI=1S/C42H23BrN2S2/c43-24-21-25(44-33-13-5-1-11-31(33)39-35(44)19-17-29-27-9-3-7-15-37(27)46-41(29)39)23-26(22-24)45-34-14-6-2-12-32(34)40-36(45)20-18-30-28-10-4-8-16-38(28)47-42(30)40/h1-23H. The maximum absolute atomic E-state index is 3.94. The molecule has 4 aromatic heterocycles. The van der Waals surface area contributed by atoms with E-state index in [1.165, 1.54) is 84.0 Å². The third-order valence-electron chi connectivity index (χ3n) is 9.74. The van der Waals surface area contributed by atoms with Gasteiger partial charge in [0, 0.05) is 77.7 Å². The SMILES string of the molecule is Brc1cc(-n2c3ccccc3c3c4sc5ccccc5c4ccc32)cc(-n2c3ccccc3c3c4sc5ccccc5c4ccc32)c1. The van der Waals surface area contributed by atoms with Crippen LogP contribution in [-0.2, 0) is 0 Å². The topological polar surface area (TPSA) is 9.86 Å². The number of aromatic nitrogens is 2. The van der Waals surface area contributed by atoms with E-state index in [1.54, 1.807) is 0 Å². The molecule has 2 nitrogen and oxygen atoms in total. The van der Waals surface area contributed by atoms with Crippen molar-refractivity contribution in [2.75, 3.05) is 0 Å². The molecule has 0 amide bonds. The van der Waals surface area contributed by atoms with Gasteiger partial charge in [-0.15, -0.1) is 22.7 Å². The molecule has 0 unspecified atom stereocenters. The summed E-state index contributed by atoms with van der Waals surface area (Å²) in [6, 6.07) is 51.4. The lowest BCUT2D eigenvalue weighted by molar-refractivity contribution is 1.13. The molecule has 0 aliphatic rings. The minimum atomic E-state index is 1.05. The predicted molar refractivity (Wildman–Crippen MR) is 209 cm³/mol. The monoisotopic (exact) mass is 698 g/mol. The highest BCUT2D eigenvalue weighted by atomic mass is 79.9. The summed E-state index contributed by atoms with van der Waals surface area (Å²) in [5, 5.41) is 10.5. The van der Waals surface area contributed by atoms with Crippen molar-refractivity contribution in [2.45, 2.75) is 0 Å². The molecule has 0 radical (unpaired) electrons. The lowest BCUT2D eigenvalue weighted by Gasteiger charge is -2.14. The number of thiophene rings is 2. The van der Waals surface area contributed by atoms with Crippen LogP contribution in [0.3, 0.4) is 0 Å². The molecular formula is C42H23BrN2S2. The number of fused-ring (bicyclic) bond motifs is 14. The van der Waals surface area contributed by atoms with Crippen molar-refractivity contribution in [3.63, 3.8) is 0 Å². The lowest BCUT2D eigenvalue weighted by atomic mass is 10.1. The Hall–Kier alpha value is -4.94. The normalized spacial score (nSPS) is 12.4. The second kappa shape index (κ2) is 9.55. The maximum Gasteiger partial charge on any atom is 0.0555 e. The number of rotatable bonds is 2. The van der Waals surface area contributed by atoms with E-state index in [-0.39, 0.29) is 0 Å². The first kappa shape index (κ1) is 26.2. The number of hydrogen-bond donors (Lipinski definition) is 0. The first-order valence-corrected chi connectivity index (χ1v) is 18.1. The summed E-state index contributed by atoms with van der Waals surface area (Å²) in [5.41, 5.74) is 7.15. The van der Waals surface area contributed by atoms with Crippen LogP contribution in [-0.4, -0.2) is 9.13 Å². The van der Waals surface area contributed by atoms with E-state index in [2.05, 4.69) is 165 Å². The van der Waals surface area contributed by atoms with Crippen molar-refractivity contribution < 1.29 is 0 Å². The smallest absolute Gasteiger partial charge is 0.0555 e. The Morgan fingerprint density at radius 2 is 0.809 bits per heavy atom. The fraction of sp³-hybridized carbons (Fsp3) is 0. The van der Waals surface area contributed by atoms with Gasteiger partial charge < -0.3 is 9.13 Å². The fourth-order valence-corrected chi connectivity index (χ4v) is 10.8. The summed E-state index contributed by atoms with van der Waals surface area (Å²) < 4.78 is 11.3. The number of halogens is 1. The van der Waals surface area contributed by atoms with Gasteiger partial charge in [-0.1, -0.05) is 101 Å². The molecule has 0 N–H and O–H groups in total. The van der Waals surface area contributed by atoms with Crippen molar-refractivity contribution in [3.05, 3.63) is 144 Å². The molecule has 0 aliphatic carbocycles. The second-order valence-corrected chi connectivity index (χ2v) is 15.3. The van der Waals surface area contributed by atoms with Gasteiger partial charge in [-0.05, 0) is 54.6 Å². The van der Waals surface area contributed by atoms with Gasteiger partial charge in [0.1, 0.15) is 0 Å². The van der Waals surface area contributed by atoms with Crippen molar-refractivity contribution in [2.24, 2.45) is 0 Å². The highest BCUT2D eigenvalue weighted by Crippen LogP contribution is 2.45. The average Bonchev–Trinajstić information content (AvgIpc) is 3.85. The van der Waals surface area contributed by atoms with E-state index >= 15 is 0 Å². The molecule has 4 heterocycles. The van der Waals surface area contributed by atoms with Crippen molar-refractivity contribution >= 4 is 123 Å². The quantitative estimate of drug-likeness (QED) is 0.170. The molecule has 0 spiro atoms. The van der Waals surface area contributed by atoms with Crippen molar-refractivity contribution in [1.82, 2.24) is 9.13 Å². The molecule has 7 aromatic carbocycles. The number of nitrogens with zero attached hydrogens (tertiary/aromatic N) is 2. The Balaban J connectivity index is 1.23. The maximum atomic E-state index is 3.94. The van der Waals surface area contributed by atoms with Crippen LogP contribution in [0.15, 0.2) is 144 Å². The summed E-state index contributed by atoms with van der Waals surface area (Å²) in [6.07, 6.45) is 0. The largest absolute Gasteiger partial charge is 0.309 e. The van der Waals surface area contributed by atoms with Crippen LogP contribution >= 0.6 is 38.6 Å². The number of hydrogen-bond acceptors (Lipinski definition) is 2. The van der Waals surface area contributed by atoms with Gasteiger partial charge in [0.2, 0.25) is 0 Å². The predicted octanol–water partition coefficient (Wildman–Crippen LogP) is 13.4. The summed E-state index contributed by atoms with van der Waals surface area (Å²) in [5.74, 6) is 0. The molecule has 0 bridgehead atoms. The molecule has 0 atom stereocenters. The van der Waals surface area contributed by atoms with Crippen molar-refractivity contribution in [3.8, 4) is 11.4 Å². The molecule has 0 aliphatic heterocycles. The molecule has 0 saturated heterocycles. The van der Waals surface area contributed by atoms with Gasteiger partial charge in [-0.25, -0.2) is 0 Å². The zero-order valence-corrected chi connectivity index (χ0v) is 28.1. The first-order chi connectivity index (χ1) is 23.2. The van der Waals surface area contributed by atoms with E-state index in [0.717, 1.165) is 15.8 Å². The first-order valence-electron chi connectivity index (χ1n) is 15.7. The Kier molecular flexibility index (Phi) is 5.32. The number of para-hydroxylation sites is 2. The highest BCUT2D eigenvalue weighted by molar-refractivity contribution is 9.10. The Morgan fingerprint density at radius 1 is 0.383 bits per heavy atom. The van der Waals surface area contributed by atoms with Crippen LogP contribution in [0.5, 0.6) is 0 Å². The van der Waals surface area contributed by atoms with Crippen LogP contribution < -0.4 is 0 Å². The zero-order valence-electron chi connectivity index (χ0n) is 24.9. The van der Waals surface area contributed by atoms with Crippen LogP contribution in [0.1, 0.15) is 0 Å². The Labute approximate surface area is 285 Å². The van der Waals surface area contributed by atoms with E-state index in [0.29, 0.717) is 0 Å². The van der Waals surface area contributed by atoms with E-state index in [4.69, 9.17) is 0 Å². The summed E-state index contributed by atoms with van der Waals surface area (Å²) >= 11 is 7.74. The van der Waals surface area contributed by atoms with E-state index < -0.39 is 0 Å². The summed E-state index contributed by atoms with van der Waals surface area (Å²) in [7, 11) is 0. The molecule has 47 heavy (non-hydrogen) atoms. The molecule has 0 saturated carbocycles. The summed E-state index contributed by atoms with van der Waals surface area (Å²) in [4.78, 5) is 0. The lowest BCUT2D eigenvalue weighted by Crippen LogP contribution is -1.99. The second-order valence-electron chi connectivity index (χ2n) is 12.2. The molecule has 11 rings (SSSR count). The van der Waals surface area contributed by atoms with Gasteiger partial charge >= 0.3 is 0 Å². The fourth-order valence-electron chi connectivity index (χ4n) is 7.84. The third-order valence-corrected chi connectivity index (χ3v) is 12.6. The average molecular weight is 700 g/mol. The van der Waals surface area contributed by atoms with Crippen LogP contribution in [0.25, 0.3) is 95.3 Å². The molecule has 5 heteroatoms. The van der Waals surface area contributed by atoms with Crippen LogP contribution in [0.2, 0.25) is 0 Å². The Bertz CT molecular complexity index is 2890. The van der Waals surface area contributed by atoms with Gasteiger partial charge in [-0.3, -0.25) is 0 Å². The molecule has 220 valence electrons. The van der Waals surface area contributed by atoms with Crippen molar-refractivity contribution in [1.29, 1.82) is 0 Å². The van der Waals surface area contributed by atoms with Gasteiger partial charge in [-0.2, -0.15) is 0 Å².